The SMILES string of the molecule is C=C(NCCCCN)C(CC(=O)NCCCCN)NCCCNC(=O)CC(NCCCCN)C(=O)NCCCCN. The average molecular weight is 585 g/mol. The third-order valence-electron chi connectivity index (χ3n) is 6.47. The van der Waals surface area contributed by atoms with E-state index in [0.717, 1.165) is 63.6 Å². The number of amides is 3. The third-order valence-corrected chi connectivity index (χ3v) is 6.47. The van der Waals surface area contributed by atoms with E-state index in [-0.39, 0.29) is 36.6 Å². The van der Waals surface area contributed by atoms with E-state index in [2.05, 4.69) is 38.5 Å². The van der Waals surface area contributed by atoms with Crippen molar-refractivity contribution in [1.82, 2.24) is 31.9 Å². The second-order valence-corrected chi connectivity index (χ2v) is 10.2. The van der Waals surface area contributed by atoms with Crippen LogP contribution >= 0.6 is 0 Å². The van der Waals surface area contributed by atoms with Crippen LogP contribution in [0.5, 0.6) is 0 Å². The second kappa shape index (κ2) is 27.9. The Hall–Kier alpha value is -2.29. The van der Waals surface area contributed by atoms with Gasteiger partial charge in [0.15, 0.2) is 0 Å². The fourth-order valence-corrected chi connectivity index (χ4v) is 3.97. The molecule has 13 heteroatoms. The molecule has 0 aliphatic carbocycles. The molecule has 14 N–H and O–H groups in total. The monoisotopic (exact) mass is 584 g/mol. The molecule has 0 spiro atoms. The van der Waals surface area contributed by atoms with Crippen LogP contribution in [0.15, 0.2) is 12.3 Å². The van der Waals surface area contributed by atoms with E-state index in [1.165, 1.54) is 0 Å². The van der Waals surface area contributed by atoms with E-state index >= 15 is 0 Å². The topological polar surface area (TPSA) is 227 Å². The second-order valence-electron chi connectivity index (χ2n) is 10.2. The number of hydrogen-bond acceptors (Lipinski definition) is 10. The maximum atomic E-state index is 12.6. The lowest BCUT2D eigenvalue weighted by Crippen LogP contribution is -2.47. The van der Waals surface area contributed by atoms with Crippen LogP contribution < -0.4 is 54.8 Å². The lowest BCUT2D eigenvalue weighted by atomic mass is 10.1. The highest BCUT2D eigenvalue weighted by Crippen LogP contribution is 2.03. The van der Waals surface area contributed by atoms with Gasteiger partial charge in [-0.2, -0.15) is 0 Å². The Labute approximate surface area is 247 Å². The van der Waals surface area contributed by atoms with Gasteiger partial charge in [0, 0.05) is 38.3 Å². The molecular weight excluding hydrogens is 524 g/mol. The first-order valence-corrected chi connectivity index (χ1v) is 15.4. The van der Waals surface area contributed by atoms with Gasteiger partial charge in [0.25, 0.3) is 0 Å². The van der Waals surface area contributed by atoms with Gasteiger partial charge in [-0.25, -0.2) is 0 Å². The van der Waals surface area contributed by atoms with Crippen molar-refractivity contribution in [2.75, 3.05) is 65.4 Å². The number of nitrogens with two attached hydrogens (primary N) is 4. The summed E-state index contributed by atoms with van der Waals surface area (Å²) in [5.74, 6) is -0.435. The van der Waals surface area contributed by atoms with E-state index in [0.29, 0.717) is 65.3 Å². The van der Waals surface area contributed by atoms with Gasteiger partial charge in [0.05, 0.1) is 18.5 Å². The molecular formula is C28H60N10O3. The van der Waals surface area contributed by atoms with Gasteiger partial charge in [0.2, 0.25) is 17.7 Å². The van der Waals surface area contributed by atoms with Crippen molar-refractivity contribution in [1.29, 1.82) is 0 Å². The lowest BCUT2D eigenvalue weighted by Gasteiger charge is -2.22. The predicted octanol–water partition coefficient (Wildman–Crippen LogP) is -1.52. The molecule has 0 fully saturated rings. The van der Waals surface area contributed by atoms with Gasteiger partial charge in [-0.3, -0.25) is 14.4 Å². The van der Waals surface area contributed by atoms with Crippen LogP contribution in [0.1, 0.15) is 70.6 Å². The number of nitrogens with one attached hydrogen (secondary N) is 6. The molecule has 0 radical (unpaired) electrons. The van der Waals surface area contributed by atoms with Crippen molar-refractivity contribution in [3.63, 3.8) is 0 Å². The molecule has 0 aromatic carbocycles. The van der Waals surface area contributed by atoms with E-state index in [9.17, 15) is 14.4 Å². The van der Waals surface area contributed by atoms with Crippen molar-refractivity contribution >= 4 is 17.7 Å². The number of unbranched alkanes of at least 4 members (excludes halogenated alkanes) is 4. The van der Waals surface area contributed by atoms with Gasteiger partial charge in [-0.05, 0) is 97.1 Å². The average Bonchev–Trinajstić information content (AvgIpc) is 2.96. The van der Waals surface area contributed by atoms with Crippen LogP contribution in [0.4, 0.5) is 0 Å². The molecule has 0 heterocycles. The molecule has 0 rings (SSSR count). The number of carbonyl (C=O) groups excluding carboxylic acids is 3. The van der Waals surface area contributed by atoms with Crippen molar-refractivity contribution in [3.8, 4) is 0 Å². The van der Waals surface area contributed by atoms with Crippen LogP contribution in [-0.2, 0) is 14.4 Å². The Kier molecular flexibility index (Phi) is 26.3. The summed E-state index contributed by atoms with van der Waals surface area (Å²) in [6, 6.07) is -0.853. The quantitative estimate of drug-likeness (QED) is 0.0457. The number of hydrogen-bond donors (Lipinski definition) is 10. The molecule has 2 atom stereocenters. The largest absolute Gasteiger partial charge is 0.388 e. The Morgan fingerprint density at radius 1 is 0.488 bits per heavy atom. The molecule has 0 aliphatic heterocycles. The molecule has 3 amide bonds. The molecule has 0 saturated heterocycles. The summed E-state index contributed by atoms with van der Waals surface area (Å²) in [6.07, 6.45) is 7.84. The molecule has 0 aromatic rings. The van der Waals surface area contributed by atoms with Gasteiger partial charge in [0.1, 0.15) is 0 Å². The van der Waals surface area contributed by atoms with Crippen LogP contribution in [-0.4, -0.2) is 95.3 Å². The minimum Gasteiger partial charge on any atom is -0.388 e. The van der Waals surface area contributed by atoms with Crippen LogP contribution in [0.3, 0.4) is 0 Å². The standard InChI is InChI=1S/C28H60N10O3/c1-23(33-15-6-2-11-29)24(21-26(39)36-17-8-4-13-31)34-19-10-20-37-27(40)22-25(35-16-7-3-12-30)28(41)38-18-9-5-14-32/h24-25,33-35H,1-22,29-32H2,(H,36,39)(H,37,40)(H,38,41). The summed E-state index contributed by atoms with van der Waals surface area (Å²) in [5.41, 5.74) is 22.9. The van der Waals surface area contributed by atoms with Crippen LogP contribution in [0.2, 0.25) is 0 Å². The third kappa shape index (κ3) is 23.0. The molecule has 0 bridgehead atoms. The molecule has 2 unspecified atom stereocenters. The molecule has 240 valence electrons. The predicted molar refractivity (Wildman–Crippen MR) is 167 cm³/mol. The Bertz CT molecular complexity index is 696. The summed E-state index contributed by atoms with van der Waals surface area (Å²) in [5, 5.41) is 18.6. The van der Waals surface area contributed by atoms with Crippen molar-refractivity contribution in [2.45, 2.75) is 82.7 Å². The smallest absolute Gasteiger partial charge is 0.237 e. The highest BCUT2D eigenvalue weighted by Gasteiger charge is 2.21. The minimum absolute atomic E-state index is 0.0508. The maximum absolute atomic E-state index is 12.6. The zero-order valence-electron chi connectivity index (χ0n) is 25.2. The van der Waals surface area contributed by atoms with Gasteiger partial charge < -0.3 is 54.8 Å². The molecule has 41 heavy (non-hydrogen) atoms. The number of rotatable bonds is 29. The van der Waals surface area contributed by atoms with Crippen molar-refractivity contribution in [2.24, 2.45) is 22.9 Å². The van der Waals surface area contributed by atoms with Crippen molar-refractivity contribution in [3.05, 3.63) is 12.3 Å². The molecule has 0 aliphatic rings. The number of carbonyl (C=O) groups is 3. The van der Waals surface area contributed by atoms with E-state index < -0.39 is 6.04 Å². The summed E-state index contributed by atoms with van der Waals surface area (Å²) in [7, 11) is 0. The van der Waals surface area contributed by atoms with Gasteiger partial charge >= 0.3 is 0 Å². The fraction of sp³-hybridized carbons (Fsp3) is 0.821. The molecule has 0 saturated carbocycles. The summed E-state index contributed by atoms with van der Waals surface area (Å²) >= 11 is 0. The van der Waals surface area contributed by atoms with E-state index in [4.69, 9.17) is 22.9 Å². The van der Waals surface area contributed by atoms with Crippen LogP contribution in [0.25, 0.3) is 0 Å². The summed E-state index contributed by atoms with van der Waals surface area (Å²) in [6.45, 7) is 10.0. The first-order valence-electron chi connectivity index (χ1n) is 15.4. The summed E-state index contributed by atoms with van der Waals surface area (Å²) in [4.78, 5) is 37.7. The minimum atomic E-state index is -0.606. The van der Waals surface area contributed by atoms with E-state index in [1.807, 2.05) is 0 Å². The Morgan fingerprint density at radius 2 is 0.878 bits per heavy atom. The lowest BCUT2D eigenvalue weighted by molar-refractivity contribution is -0.128. The molecule has 13 nitrogen and oxygen atoms in total. The zero-order chi connectivity index (χ0) is 30.6. The Morgan fingerprint density at radius 3 is 1.41 bits per heavy atom. The normalized spacial score (nSPS) is 12.4. The Balaban J connectivity index is 4.67. The highest BCUT2D eigenvalue weighted by atomic mass is 16.2. The van der Waals surface area contributed by atoms with Gasteiger partial charge in [-0.15, -0.1) is 0 Å². The summed E-state index contributed by atoms with van der Waals surface area (Å²) < 4.78 is 0. The van der Waals surface area contributed by atoms with Gasteiger partial charge in [-0.1, -0.05) is 6.58 Å². The zero-order valence-corrected chi connectivity index (χ0v) is 25.2. The van der Waals surface area contributed by atoms with Crippen molar-refractivity contribution < 1.29 is 14.4 Å². The van der Waals surface area contributed by atoms with Crippen LogP contribution in [0, 0.1) is 0 Å². The van der Waals surface area contributed by atoms with E-state index in [1.54, 1.807) is 0 Å². The first kappa shape index (κ1) is 38.7. The maximum Gasteiger partial charge on any atom is 0.237 e. The highest BCUT2D eigenvalue weighted by molar-refractivity contribution is 5.88. The first-order chi connectivity index (χ1) is 19.9. The fourth-order valence-electron chi connectivity index (χ4n) is 3.97. The molecule has 0 aromatic heterocycles.